The Labute approximate surface area is 276 Å². The summed E-state index contributed by atoms with van der Waals surface area (Å²) in [6, 6.07) is 9.62. The van der Waals surface area contributed by atoms with Gasteiger partial charge >= 0.3 is 6.03 Å². The first-order chi connectivity index (χ1) is 21.9. The summed E-state index contributed by atoms with van der Waals surface area (Å²) in [5.74, 6) is -0.0491. The fourth-order valence-corrected chi connectivity index (χ4v) is 7.58. The molecule has 3 amide bonds. The molecule has 246 valence electrons. The lowest BCUT2D eigenvalue weighted by Gasteiger charge is -2.46. The number of benzene rings is 1. The molecule has 10 nitrogen and oxygen atoms in total. The summed E-state index contributed by atoms with van der Waals surface area (Å²) >= 11 is 6.46. The third kappa shape index (κ3) is 7.24. The zero-order valence-corrected chi connectivity index (χ0v) is 28.1. The number of amides is 3. The average molecular weight is 648 g/mol. The number of urea groups is 1. The molecule has 3 aliphatic rings. The Morgan fingerprint density at radius 3 is 2.67 bits per heavy atom. The van der Waals surface area contributed by atoms with Gasteiger partial charge in [-0.2, -0.15) is 0 Å². The monoisotopic (exact) mass is 647 g/mol. The lowest BCUT2D eigenvalue weighted by Crippen LogP contribution is -2.61. The maximum atomic E-state index is 14.0. The summed E-state index contributed by atoms with van der Waals surface area (Å²) in [5, 5.41) is 15.4. The van der Waals surface area contributed by atoms with Gasteiger partial charge in [0.15, 0.2) is 0 Å². The molecule has 2 aliphatic heterocycles. The van der Waals surface area contributed by atoms with Crippen LogP contribution in [0.15, 0.2) is 49.1 Å². The number of halogens is 1. The number of piperazine rings is 1. The summed E-state index contributed by atoms with van der Waals surface area (Å²) in [5.41, 5.74) is 4.05. The van der Waals surface area contributed by atoms with Crippen molar-refractivity contribution in [3.63, 3.8) is 0 Å². The number of rotatable bonds is 5. The van der Waals surface area contributed by atoms with Gasteiger partial charge in [0, 0.05) is 55.6 Å². The Balaban J connectivity index is 1.27. The fourth-order valence-electron chi connectivity index (χ4n) is 7.38. The molecule has 1 unspecified atom stereocenters. The molecule has 1 aromatic carbocycles. The van der Waals surface area contributed by atoms with Crippen LogP contribution in [0.25, 0.3) is 0 Å². The molecular weight excluding hydrogens is 602 g/mol. The van der Waals surface area contributed by atoms with Gasteiger partial charge < -0.3 is 24.8 Å². The van der Waals surface area contributed by atoms with E-state index in [-0.39, 0.29) is 37.0 Å². The molecule has 2 aromatic heterocycles. The smallest absolute Gasteiger partial charge is 0.318 e. The Morgan fingerprint density at radius 1 is 1.11 bits per heavy atom. The third-order valence-electron chi connectivity index (χ3n) is 9.43. The van der Waals surface area contributed by atoms with Crippen molar-refractivity contribution in [2.75, 3.05) is 32.7 Å². The van der Waals surface area contributed by atoms with Gasteiger partial charge in [0.05, 0.1) is 42.9 Å². The maximum absolute atomic E-state index is 14.0. The molecule has 11 heteroatoms. The molecule has 2 fully saturated rings. The van der Waals surface area contributed by atoms with Crippen molar-refractivity contribution in [1.29, 1.82) is 0 Å². The lowest BCUT2D eigenvalue weighted by molar-refractivity contribution is -0.140. The van der Waals surface area contributed by atoms with Gasteiger partial charge in [-0.05, 0) is 88.3 Å². The second-order valence-electron chi connectivity index (χ2n) is 14.4. The van der Waals surface area contributed by atoms with Crippen LogP contribution < -0.4 is 5.32 Å². The van der Waals surface area contributed by atoms with Crippen molar-refractivity contribution in [3.05, 3.63) is 82.2 Å². The highest BCUT2D eigenvalue weighted by Crippen LogP contribution is 2.38. The summed E-state index contributed by atoms with van der Waals surface area (Å²) in [7, 11) is 0. The van der Waals surface area contributed by atoms with Crippen molar-refractivity contribution in [2.24, 2.45) is 0 Å². The lowest BCUT2D eigenvalue weighted by atomic mass is 9.91. The average Bonchev–Trinajstić information content (AvgIpc) is 3.32. The van der Waals surface area contributed by atoms with Gasteiger partial charge in [-0.15, -0.1) is 0 Å². The van der Waals surface area contributed by atoms with E-state index in [0.29, 0.717) is 50.6 Å². The first-order valence-corrected chi connectivity index (χ1v) is 16.8. The highest BCUT2D eigenvalue weighted by Gasteiger charge is 2.41. The van der Waals surface area contributed by atoms with Crippen LogP contribution in [0.1, 0.15) is 74.2 Å². The first-order valence-electron chi connectivity index (χ1n) is 16.4. The zero-order chi connectivity index (χ0) is 32.6. The Bertz CT molecular complexity index is 1590. The standard InChI is InChI=1S/C35H46ClN7O3/c1-24-19-40(23-38-24)21-35(46)12-6-14-42(22-35)30(44)18-28-20-41(15-16-43(28)33(45)39-34(2,3)4)32-29-11-10-27(36)17-26(29)9-8-25-7-5-13-37-31(25)32/h5,7,10-11,13,17,19,23,28,32,46H,6,8-9,12,14-16,18,20-22H2,1-4H3,(H,39,45)/t28-,32-,35?/m0/s1. The molecule has 6 rings (SSSR count). The van der Waals surface area contributed by atoms with Gasteiger partial charge in [-0.3, -0.25) is 14.7 Å². The fraction of sp³-hybridized carbons (Fsp3) is 0.543. The molecule has 2 N–H and O–H groups in total. The number of aryl methyl sites for hydroxylation is 3. The first kappa shape index (κ1) is 32.5. The zero-order valence-electron chi connectivity index (χ0n) is 27.4. The minimum Gasteiger partial charge on any atom is -0.386 e. The summed E-state index contributed by atoms with van der Waals surface area (Å²) in [4.78, 5) is 42.9. The number of hydrogen-bond donors (Lipinski definition) is 2. The highest BCUT2D eigenvalue weighted by molar-refractivity contribution is 6.30. The largest absolute Gasteiger partial charge is 0.386 e. The molecule has 0 saturated carbocycles. The van der Waals surface area contributed by atoms with E-state index >= 15 is 0 Å². The quantitative estimate of drug-likeness (QED) is 0.426. The molecule has 3 atom stereocenters. The maximum Gasteiger partial charge on any atom is 0.318 e. The van der Waals surface area contributed by atoms with Crippen molar-refractivity contribution in [1.82, 2.24) is 34.6 Å². The van der Waals surface area contributed by atoms with Crippen molar-refractivity contribution < 1.29 is 14.7 Å². The molecule has 0 spiro atoms. The third-order valence-corrected chi connectivity index (χ3v) is 9.66. The number of fused-ring (bicyclic) bond motifs is 2. The summed E-state index contributed by atoms with van der Waals surface area (Å²) < 4.78 is 1.89. The van der Waals surface area contributed by atoms with Crippen LogP contribution >= 0.6 is 11.6 Å². The van der Waals surface area contributed by atoms with E-state index in [9.17, 15) is 14.7 Å². The number of β-amino-alcohol motifs (C(OH)–C–C–N with tert-alkyl or cyclic N) is 1. The number of nitrogens with zero attached hydrogens (tertiary/aromatic N) is 6. The predicted octanol–water partition coefficient (Wildman–Crippen LogP) is 4.37. The number of aromatic nitrogens is 3. The number of pyridine rings is 1. The molecule has 0 bridgehead atoms. The predicted molar refractivity (Wildman–Crippen MR) is 178 cm³/mol. The van der Waals surface area contributed by atoms with Gasteiger partial charge in [0.2, 0.25) is 5.91 Å². The molecule has 2 saturated heterocycles. The van der Waals surface area contributed by atoms with Crippen molar-refractivity contribution in [2.45, 2.75) is 89.6 Å². The van der Waals surface area contributed by atoms with Crippen LogP contribution in [0.4, 0.5) is 4.79 Å². The summed E-state index contributed by atoms with van der Waals surface area (Å²) in [6.07, 6.45) is 8.73. The highest BCUT2D eigenvalue weighted by atomic mass is 35.5. The number of aliphatic hydroxyl groups is 1. The number of imidazole rings is 1. The van der Waals surface area contributed by atoms with E-state index in [1.54, 1.807) is 11.2 Å². The van der Waals surface area contributed by atoms with Crippen LogP contribution in [0.3, 0.4) is 0 Å². The Morgan fingerprint density at radius 2 is 1.91 bits per heavy atom. The molecule has 3 aromatic rings. The van der Waals surface area contributed by atoms with E-state index in [0.717, 1.165) is 24.2 Å². The molecular formula is C35H46ClN7O3. The van der Waals surface area contributed by atoms with Gasteiger partial charge in [-0.1, -0.05) is 23.7 Å². The van der Waals surface area contributed by atoms with E-state index in [1.165, 1.54) is 16.7 Å². The second kappa shape index (κ2) is 13.0. The number of nitrogens with one attached hydrogen (secondary N) is 1. The molecule has 0 radical (unpaired) electrons. The molecule has 1 aliphatic carbocycles. The number of carbonyl (C=O) groups is 2. The van der Waals surface area contributed by atoms with Crippen LogP contribution in [0.5, 0.6) is 0 Å². The topological polar surface area (TPSA) is 107 Å². The second-order valence-corrected chi connectivity index (χ2v) is 14.8. The van der Waals surface area contributed by atoms with E-state index in [1.807, 2.05) is 61.7 Å². The van der Waals surface area contributed by atoms with Crippen LogP contribution in [0.2, 0.25) is 5.02 Å². The summed E-state index contributed by atoms with van der Waals surface area (Å²) in [6.45, 7) is 10.7. The number of piperidine rings is 1. The van der Waals surface area contributed by atoms with Gasteiger partial charge in [0.1, 0.15) is 5.60 Å². The Kier molecular flexibility index (Phi) is 9.15. The van der Waals surface area contributed by atoms with Gasteiger partial charge in [-0.25, -0.2) is 9.78 Å². The van der Waals surface area contributed by atoms with Crippen molar-refractivity contribution >= 4 is 23.5 Å². The van der Waals surface area contributed by atoms with Crippen LogP contribution in [-0.4, -0.2) is 96.2 Å². The number of likely N-dealkylation sites (tertiary alicyclic amines) is 1. The Hall–Kier alpha value is -3.47. The molecule has 46 heavy (non-hydrogen) atoms. The normalized spacial score (nSPS) is 23.8. The van der Waals surface area contributed by atoms with Gasteiger partial charge in [0.25, 0.3) is 0 Å². The van der Waals surface area contributed by atoms with E-state index < -0.39 is 11.1 Å². The van der Waals surface area contributed by atoms with Crippen LogP contribution in [-0.2, 0) is 24.2 Å². The molecule has 4 heterocycles. The SMILES string of the molecule is Cc1cn(CC2(O)CCCN(C(=O)C[C@H]3CN([C@H]4c5ccc(Cl)cc5CCc5cccnc54)CCN3C(=O)NC(C)(C)C)C2)cn1. The number of carbonyl (C=O) groups excluding carboxylic acids is 2. The minimum absolute atomic E-state index is 0.0491. The van der Waals surface area contributed by atoms with E-state index in [2.05, 4.69) is 33.4 Å². The van der Waals surface area contributed by atoms with Crippen LogP contribution in [0, 0.1) is 6.92 Å². The minimum atomic E-state index is -1.04. The number of hydrogen-bond acceptors (Lipinski definition) is 6. The van der Waals surface area contributed by atoms with Crippen molar-refractivity contribution in [3.8, 4) is 0 Å². The van der Waals surface area contributed by atoms with E-state index in [4.69, 9.17) is 16.6 Å².